The number of imidazole rings is 1. The molecule has 10 heteroatoms. The number of aromatic nitrogens is 2. The topological polar surface area (TPSA) is 93.2 Å². The summed E-state index contributed by atoms with van der Waals surface area (Å²) in [6, 6.07) is 0. The van der Waals surface area contributed by atoms with Crippen molar-refractivity contribution in [2.75, 3.05) is 6.54 Å². The van der Waals surface area contributed by atoms with Crippen molar-refractivity contribution in [1.29, 1.82) is 0 Å². The Morgan fingerprint density at radius 3 is 2.65 bits per heavy atom. The first-order chi connectivity index (χ1) is 11.5. The van der Waals surface area contributed by atoms with E-state index in [0.717, 1.165) is 17.4 Å². The highest BCUT2D eigenvalue weighted by Crippen LogP contribution is 2.40. The van der Waals surface area contributed by atoms with Crippen molar-refractivity contribution in [3.63, 3.8) is 0 Å². The van der Waals surface area contributed by atoms with E-state index < -0.39 is 35.5 Å². The van der Waals surface area contributed by atoms with Crippen LogP contribution in [0.3, 0.4) is 0 Å². The van der Waals surface area contributed by atoms with Crippen LogP contribution in [-0.4, -0.2) is 38.8 Å². The predicted molar refractivity (Wildman–Crippen MR) is 92.6 cm³/mol. The molecule has 1 aromatic rings. The van der Waals surface area contributed by atoms with Gasteiger partial charge in [-0.3, -0.25) is 4.79 Å². The maximum absolute atomic E-state index is 13.4. The number of carbonyl (C=O) groups is 1. The zero-order valence-corrected chi connectivity index (χ0v) is 15.7. The molecule has 150 valence electrons. The summed E-state index contributed by atoms with van der Waals surface area (Å²) in [6.07, 6.45) is -0.00876. The SMILES string of the molecule is Cl.Cn1ccnc1C(O)(CCNC(=O)C1CCCCC1(C)N)C(F)(F)F. The van der Waals surface area contributed by atoms with Crippen molar-refractivity contribution < 1.29 is 23.1 Å². The maximum atomic E-state index is 13.4. The lowest BCUT2D eigenvalue weighted by Crippen LogP contribution is -2.53. The molecule has 4 N–H and O–H groups in total. The molecular formula is C16H26ClF3N4O2. The van der Waals surface area contributed by atoms with Gasteiger partial charge in [0.2, 0.25) is 11.5 Å². The minimum absolute atomic E-state index is 0. The highest BCUT2D eigenvalue weighted by molar-refractivity contribution is 5.85. The van der Waals surface area contributed by atoms with Crippen LogP contribution in [0.1, 0.15) is 44.9 Å². The number of alkyl halides is 3. The van der Waals surface area contributed by atoms with E-state index in [1.165, 1.54) is 19.4 Å². The lowest BCUT2D eigenvalue weighted by Gasteiger charge is -2.37. The average molecular weight is 399 g/mol. The molecule has 0 bridgehead atoms. The fourth-order valence-electron chi connectivity index (χ4n) is 3.42. The van der Waals surface area contributed by atoms with Gasteiger partial charge in [-0.2, -0.15) is 13.2 Å². The zero-order valence-electron chi connectivity index (χ0n) is 14.8. The molecule has 0 aliphatic heterocycles. The van der Waals surface area contributed by atoms with E-state index in [4.69, 9.17) is 5.73 Å². The van der Waals surface area contributed by atoms with Crippen LogP contribution in [-0.2, 0) is 17.4 Å². The average Bonchev–Trinajstić information content (AvgIpc) is 2.91. The van der Waals surface area contributed by atoms with E-state index in [2.05, 4.69) is 10.3 Å². The van der Waals surface area contributed by atoms with Crippen LogP contribution in [0.2, 0.25) is 0 Å². The predicted octanol–water partition coefficient (Wildman–Crippen LogP) is 2.01. The van der Waals surface area contributed by atoms with E-state index in [-0.39, 0.29) is 24.9 Å². The molecule has 1 amide bonds. The van der Waals surface area contributed by atoms with Gasteiger partial charge in [-0.1, -0.05) is 12.8 Å². The van der Waals surface area contributed by atoms with Gasteiger partial charge in [0.25, 0.3) is 0 Å². The molecule has 3 unspecified atom stereocenters. The normalized spacial score (nSPS) is 25.9. The monoisotopic (exact) mass is 398 g/mol. The number of carbonyl (C=O) groups excluding carboxylic acids is 1. The number of aryl methyl sites for hydroxylation is 1. The summed E-state index contributed by atoms with van der Waals surface area (Å²) in [5.74, 6) is -1.31. The summed E-state index contributed by atoms with van der Waals surface area (Å²) >= 11 is 0. The van der Waals surface area contributed by atoms with E-state index in [1.54, 1.807) is 6.92 Å². The molecule has 0 radical (unpaired) electrons. The summed E-state index contributed by atoms with van der Waals surface area (Å²) in [4.78, 5) is 16.0. The molecule has 1 aliphatic rings. The second-order valence-electron chi connectivity index (χ2n) is 7.07. The van der Waals surface area contributed by atoms with Gasteiger partial charge in [-0.15, -0.1) is 12.4 Å². The van der Waals surface area contributed by atoms with E-state index >= 15 is 0 Å². The summed E-state index contributed by atoms with van der Waals surface area (Å²) in [7, 11) is 1.37. The summed E-state index contributed by atoms with van der Waals surface area (Å²) in [5, 5.41) is 12.7. The number of hydrogen-bond acceptors (Lipinski definition) is 4. The van der Waals surface area contributed by atoms with Crippen molar-refractivity contribution in [3.8, 4) is 0 Å². The smallest absolute Gasteiger partial charge is 0.374 e. The van der Waals surface area contributed by atoms with Crippen LogP contribution in [0.25, 0.3) is 0 Å². The molecule has 1 saturated carbocycles. The summed E-state index contributed by atoms with van der Waals surface area (Å²) in [5.41, 5.74) is 2.35. The van der Waals surface area contributed by atoms with E-state index in [1.807, 2.05) is 0 Å². The number of nitrogens with two attached hydrogens (primary N) is 1. The molecule has 1 heterocycles. The number of halogens is 4. The highest BCUT2D eigenvalue weighted by atomic mass is 35.5. The van der Waals surface area contributed by atoms with Gasteiger partial charge in [-0.05, 0) is 19.8 Å². The number of hydrogen-bond donors (Lipinski definition) is 3. The molecule has 2 rings (SSSR count). The minimum Gasteiger partial charge on any atom is -0.374 e. The highest BCUT2D eigenvalue weighted by Gasteiger charge is 2.57. The zero-order chi connectivity index (χ0) is 18.9. The van der Waals surface area contributed by atoms with Crippen molar-refractivity contribution in [2.45, 2.75) is 56.3 Å². The maximum Gasteiger partial charge on any atom is 0.424 e. The van der Waals surface area contributed by atoms with Crippen LogP contribution in [0.4, 0.5) is 13.2 Å². The van der Waals surface area contributed by atoms with Gasteiger partial charge in [0.05, 0.1) is 5.92 Å². The molecule has 0 spiro atoms. The van der Waals surface area contributed by atoms with Gasteiger partial charge in [-0.25, -0.2) is 4.98 Å². The molecule has 26 heavy (non-hydrogen) atoms. The molecule has 3 atom stereocenters. The Kier molecular flexibility index (Phi) is 7.11. The van der Waals surface area contributed by atoms with Crippen molar-refractivity contribution in [1.82, 2.24) is 14.9 Å². The van der Waals surface area contributed by atoms with Gasteiger partial charge in [0.15, 0.2) is 0 Å². The molecule has 0 aromatic carbocycles. The third-order valence-corrected chi connectivity index (χ3v) is 5.02. The van der Waals surface area contributed by atoms with Crippen LogP contribution < -0.4 is 11.1 Å². The van der Waals surface area contributed by atoms with Crippen molar-refractivity contribution in [3.05, 3.63) is 18.2 Å². The molecule has 0 saturated heterocycles. The second-order valence-corrected chi connectivity index (χ2v) is 7.07. The first kappa shape index (κ1) is 22.7. The first-order valence-corrected chi connectivity index (χ1v) is 8.32. The van der Waals surface area contributed by atoms with Crippen LogP contribution in [0.5, 0.6) is 0 Å². The minimum atomic E-state index is -4.91. The van der Waals surface area contributed by atoms with Crippen molar-refractivity contribution in [2.24, 2.45) is 18.7 Å². The number of amides is 1. The lowest BCUT2D eigenvalue weighted by atomic mass is 9.74. The summed E-state index contributed by atoms with van der Waals surface area (Å²) in [6.45, 7) is 1.46. The Labute approximate surface area is 156 Å². The first-order valence-electron chi connectivity index (χ1n) is 8.32. The Balaban J connectivity index is 0.00000338. The van der Waals surface area contributed by atoms with Crippen LogP contribution in [0, 0.1) is 5.92 Å². The summed E-state index contributed by atoms with van der Waals surface area (Å²) < 4.78 is 41.4. The lowest BCUT2D eigenvalue weighted by molar-refractivity contribution is -0.272. The fourth-order valence-corrected chi connectivity index (χ4v) is 3.42. The third-order valence-electron chi connectivity index (χ3n) is 5.02. The number of aliphatic hydroxyl groups is 1. The number of nitrogens with zero attached hydrogens (tertiary/aromatic N) is 2. The van der Waals surface area contributed by atoms with Crippen LogP contribution >= 0.6 is 12.4 Å². The molecule has 1 aliphatic carbocycles. The van der Waals surface area contributed by atoms with Crippen molar-refractivity contribution >= 4 is 18.3 Å². The molecule has 1 fully saturated rings. The largest absolute Gasteiger partial charge is 0.424 e. The van der Waals surface area contributed by atoms with Crippen LogP contribution in [0.15, 0.2) is 12.4 Å². The second kappa shape index (κ2) is 8.14. The Hall–Kier alpha value is -1.32. The fraction of sp³-hybridized carbons (Fsp3) is 0.750. The quantitative estimate of drug-likeness (QED) is 0.707. The van der Waals surface area contributed by atoms with Gasteiger partial charge < -0.3 is 20.7 Å². The number of nitrogens with one attached hydrogen (secondary N) is 1. The third kappa shape index (κ3) is 4.50. The van der Waals surface area contributed by atoms with Gasteiger partial charge >= 0.3 is 6.18 Å². The Morgan fingerprint density at radius 1 is 1.50 bits per heavy atom. The Morgan fingerprint density at radius 2 is 2.15 bits per heavy atom. The van der Waals surface area contributed by atoms with Gasteiger partial charge in [0, 0.05) is 37.9 Å². The molecule has 6 nitrogen and oxygen atoms in total. The molecule has 1 aromatic heterocycles. The van der Waals surface area contributed by atoms with E-state index in [0.29, 0.717) is 12.8 Å². The number of rotatable bonds is 5. The molecular weight excluding hydrogens is 373 g/mol. The Bertz CT molecular complexity index is 621. The standard InChI is InChI=1S/C16H25F3N4O2.ClH/c1-14(20)6-4-3-5-11(14)12(24)21-8-7-15(25,16(17,18)19)13-22-9-10-23(13)2;/h9-11,25H,3-8,20H2,1-2H3,(H,21,24);1H. The van der Waals surface area contributed by atoms with Gasteiger partial charge in [0.1, 0.15) is 5.82 Å². The van der Waals surface area contributed by atoms with E-state index in [9.17, 15) is 23.1 Å².